The van der Waals surface area contributed by atoms with Crippen LogP contribution in [0.15, 0.2) is 50.7 Å². The first-order valence-electron chi connectivity index (χ1n) is 5.74. The number of hydrogen-bond donors (Lipinski definition) is 0. The van der Waals surface area contributed by atoms with Crippen LogP contribution in [0, 0.1) is 0 Å². The molecule has 20 heavy (non-hydrogen) atoms. The first-order chi connectivity index (χ1) is 9.59. The van der Waals surface area contributed by atoms with E-state index in [4.69, 9.17) is 11.6 Å². The van der Waals surface area contributed by atoms with Crippen LogP contribution >= 0.6 is 54.8 Å². The lowest BCUT2D eigenvalue weighted by atomic mass is 10.0. The van der Waals surface area contributed by atoms with Crippen LogP contribution in [0.2, 0.25) is 5.02 Å². The van der Waals surface area contributed by atoms with E-state index in [9.17, 15) is 4.79 Å². The largest absolute Gasteiger partial charge is 0.288 e. The summed E-state index contributed by atoms with van der Waals surface area (Å²) in [6.45, 7) is 0. The second-order valence-electron chi connectivity index (χ2n) is 4.20. The van der Waals surface area contributed by atoms with Crippen LogP contribution in [0.25, 0.3) is 10.1 Å². The third kappa shape index (κ3) is 2.35. The molecule has 1 heterocycles. The van der Waals surface area contributed by atoms with Gasteiger partial charge in [0.05, 0.1) is 5.02 Å². The predicted molar refractivity (Wildman–Crippen MR) is 92.1 cm³/mol. The number of thiophene rings is 1. The minimum Gasteiger partial charge on any atom is -0.288 e. The van der Waals surface area contributed by atoms with Gasteiger partial charge in [-0.1, -0.05) is 29.8 Å². The van der Waals surface area contributed by atoms with E-state index < -0.39 is 0 Å². The van der Waals surface area contributed by atoms with Gasteiger partial charge in [0.25, 0.3) is 0 Å². The van der Waals surface area contributed by atoms with Crippen LogP contribution in [0.4, 0.5) is 0 Å². The van der Waals surface area contributed by atoms with E-state index >= 15 is 0 Å². The van der Waals surface area contributed by atoms with Gasteiger partial charge in [0.1, 0.15) is 0 Å². The number of carbonyl (C=O) groups excluding carboxylic acids is 1. The zero-order valence-electron chi connectivity index (χ0n) is 9.99. The molecule has 0 aliphatic rings. The van der Waals surface area contributed by atoms with Gasteiger partial charge in [-0.15, -0.1) is 11.3 Å². The van der Waals surface area contributed by atoms with Gasteiger partial charge in [-0.25, -0.2) is 0 Å². The van der Waals surface area contributed by atoms with Crippen molar-refractivity contribution in [2.45, 2.75) is 0 Å². The Labute approximate surface area is 141 Å². The molecule has 1 aromatic heterocycles. The average Bonchev–Trinajstić information content (AvgIpc) is 2.86. The van der Waals surface area contributed by atoms with Crippen LogP contribution < -0.4 is 0 Å². The Morgan fingerprint density at radius 1 is 1.00 bits per heavy atom. The van der Waals surface area contributed by atoms with Gasteiger partial charge in [0.15, 0.2) is 5.78 Å². The Kier molecular flexibility index (Phi) is 4.00. The van der Waals surface area contributed by atoms with E-state index in [0.717, 1.165) is 19.0 Å². The fourth-order valence-electron chi connectivity index (χ4n) is 2.02. The van der Waals surface area contributed by atoms with E-state index in [1.165, 1.54) is 0 Å². The van der Waals surface area contributed by atoms with Crippen molar-refractivity contribution in [3.63, 3.8) is 0 Å². The van der Waals surface area contributed by atoms with E-state index in [-0.39, 0.29) is 5.78 Å². The van der Waals surface area contributed by atoms with Gasteiger partial charge in [0, 0.05) is 35.5 Å². The van der Waals surface area contributed by atoms with Crippen LogP contribution in [-0.2, 0) is 0 Å². The Morgan fingerprint density at radius 3 is 2.50 bits per heavy atom. The summed E-state index contributed by atoms with van der Waals surface area (Å²) in [6, 6.07) is 11.2. The molecule has 3 aromatic rings. The molecule has 0 bridgehead atoms. The summed E-state index contributed by atoms with van der Waals surface area (Å²) in [5.74, 6) is -0.0550. The molecule has 0 atom stereocenters. The molecule has 0 aliphatic heterocycles. The minimum absolute atomic E-state index is 0.0550. The lowest BCUT2D eigenvalue weighted by Crippen LogP contribution is -2.01. The second-order valence-corrected chi connectivity index (χ2v) is 7.16. The molecule has 0 saturated heterocycles. The molecule has 0 amide bonds. The SMILES string of the molecule is O=C(c1cccc(Br)c1Cl)c1csc2c(Br)cccc12. The minimum atomic E-state index is -0.0550. The molecule has 0 radical (unpaired) electrons. The third-order valence-corrected chi connectivity index (χ3v) is 6.24. The Morgan fingerprint density at radius 2 is 1.70 bits per heavy atom. The third-order valence-electron chi connectivity index (χ3n) is 2.99. The zero-order valence-corrected chi connectivity index (χ0v) is 14.7. The molecule has 5 heteroatoms. The van der Waals surface area contributed by atoms with Gasteiger partial charge in [0.2, 0.25) is 0 Å². The van der Waals surface area contributed by atoms with Crippen molar-refractivity contribution in [2.24, 2.45) is 0 Å². The summed E-state index contributed by atoms with van der Waals surface area (Å²) in [6.07, 6.45) is 0. The van der Waals surface area contributed by atoms with E-state index in [0.29, 0.717) is 16.1 Å². The summed E-state index contributed by atoms with van der Waals surface area (Å²) in [7, 11) is 0. The first kappa shape index (κ1) is 14.3. The summed E-state index contributed by atoms with van der Waals surface area (Å²) in [5, 5.41) is 3.28. The van der Waals surface area contributed by atoms with Crippen LogP contribution in [0.3, 0.4) is 0 Å². The Hall–Kier alpha value is -0.680. The molecule has 1 nitrogen and oxygen atoms in total. The highest BCUT2D eigenvalue weighted by Gasteiger charge is 2.18. The maximum Gasteiger partial charge on any atom is 0.196 e. The van der Waals surface area contributed by atoms with Gasteiger partial charge < -0.3 is 0 Å². The summed E-state index contributed by atoms with van der Waals surface area (Å²) in [5.41, 5.74) is 1.20. The highest BCUT2D eigenvalue weighted by atomic mass is 79.9. The Bertz CT molecular complexity index is 826. The quantitative estimate of drug-likeness (QED) is 0.436. The molecule has 0 fully saturated rings. The van der Waals surface area contributed by atoms with Crippen LogP contribution in [0.5, 0.6) is 0 Å². The highest BCUT2D eigenvalue weighted by molar-refractivity contribution is 9.11. The number of halogens is 3. The molecule has 100 valence electrons. The van der Waals surface area contributed by atoms with Crippen molar-refractivity contribution in [3.8, 4) is 0 Å². The van der Waals surface area contributed by atoms with Crippen molar-refractivity contribution in [2.75, 3.05) is 0 Å². The smallest absolute Gasteiger partial charge is 0.196 e. The lowest BCUT2D eigenvalue weighted by molar-refractivity contribution is 0.104. The van der Waals surface area contributed by atoms with Crippen molar-refractivity contribution in [1.82, 2.24) is 0 Å². The maximum atomic E-state index is 12.7. The maximum absolute atomic E-state index is 12.7. The molecular weight excluding hydrogens is 423 g/mol. The number of carbonyl (C=O) groups is 1. The fourth-order valence-corrected chi connectivity index (χ4v) is 4.20. The van der Waals surface area contributed by atoms with Crippen molar-refractivity contribution < 1.29 is 4.79 Å². The van der Waals surface area contributed by atoms with E-state index in [1.54, 1.807) is 17.4 Å². The molecule has 3 rings (SSSR count). The van der Waals surface area contributed by atoms with Crippen LogP contribution in [0.1, 0.15) is 15.9 Å². The standard InChI is InChI=1S/C15H7Br2ClOS/c16-11-5-2-4-9(13(11)18)14(19)10-7-20-15-8(10)3-1-6-12(15)17/h1-7H. The zero-order chi connectivity index (χ0) is 14.3. The van der Waals surface area contributed by atoms with Gasteiger partial charge >= 0.3 is 0 Å². The molecule has 0 saturated carbocycles. The topological polar surface area (TPSA) is 17.1 Å². The molecule has 2 aromatic carbocycles. The number of rotatable bonds is 2. The summed E-state index contributed by atoms with van der Waals surface area (Å²) >= 11 is 14.6. The van der Waals surface area contributed by atoms with Gasteiger partial charge in [-0.05, 0) is 50.1 Å². The van der Waals surface area contributed by atoms with Gasteiger partial charge in [-0.2, -0.15) is 0 Å². The lowest BCUT2D eigenvalue weighted by Gasteiger charge is -2.04. The first-order valence-corrected chi connectivity index (χ1v) is 8.58. The molecular formula is C15H7Br2ClOS. The van der Waals surface area contributed by atoms with Crippen molar-refractivity contribution in [1.29, 1.82) is 0 Å². The van der Waals surface area contributed by atoms with Crippen molar-refractivity contribution >= 4 is 70.7 Å². The van der Waals surface area contributed by atoms with E-state index in [1.807, 2.05) is 35.7 Å². The molecule has 0 aliphatic carbocycles. The predicted octanol–water partition coefficient (Wildman–Crippen LogP) is 6.31. The Balaban J connectivity index is 2.18. The highest BCUT2D eigenvalue weighted by Crippen LogP contribution is 2.35. The number of benzene rings is 2. The monoisotopic (exact) mass is 428 g/mol. The number of fused-ring (bicyclic) bond motifs is 1. The van der Waals surface area contributed by atoms with Gasteiger partial charge in [-0.3, -0.25) is 4.79 Å². The molecule has 0 unspecified atom stereocenters. The molecule has 0 spiro atoms. The van der Waals surface area contributed by atoms with Crippen molar-refractivity contribution in [3.05, 3.63) is 66.9 Å². The average molecular weight is 431 g/mol. The molecule has 0 N–H and O–H groups in total. The second kappa shape index (κ2) is 5.60. The summed E-state index contributed by atoms with van der Waals surface area (Å²) < 4.78 is 2.80. The summed E-state index contributed by atoms with van der Waals surface area (Å²) in [4.78, 5) is 12.7. The van der Waals surface area contributed by atoms with E-state index in [2.05, 4.69) is 31.9 Å². The normalized spacial score (nSPS) is 10.9. The number of hydrogen-bond acceptors (Lipinski definition) is 2. The number of ketones is 1. The van der Waals surface area contributed by atoms with Crippen LogP contribution in [-0.4, -0.2) is 5.78 Å². The fraction of sp³-hybridized carbons (Fsp3) is 0.